The summed E-state index contributed by atoms with van der Waals surface area (Å²) in [6.45, 7) is 1.83. The van der Waals surface area contributed by atoms with E-state index in [-0.39, 0.29) is 6.61 Å². The molecule has 0 aliphatic rings. The van der Waals surface area contributed by atoms with Crippen molar-refractivity contribution in [1.29, 1.82) is 0 Å². The van der Waals surface area contributed by atoms with E-state index in [1.54, 1.807) is 67.6 Å². The second-order valence-corrected chi connectivity index (χ2v) is 7.99. The zero-order valence-electron chi connectivity index (χ0n) is 19.2. The largest absolute Gasteiger partial charge is 0.497 e. The van der Waals surface area contributed by atoms with E-state index in [1.165, 1.54) is 14.2 Å². The van der Waals surface area contributed by atoms with Gasteiger partial charge in [-0.25, -0.2) is 5.43 Å². The average molecular weight is 516 g/mol. The van der Waals surface area contributed by atoms with Crippen LogP contribution >= 0.6 is 23.2 Å². The number of rotatable bonds is 8. The Morgan fingerprint density at radius 3 is 2.20 bits per heavy atom. The lowest BCUT2D eigenvalue weighted by molar-refractivity contribution is -0.136. The third kappa shape index (κ3) is 6.88. The van der Waals surface area contributed by atoms with Gasteiger partial charge in [0.05, 0.1) is 19.9 Å². The van der Waals surface area contributed by atoms with Gasteiger partial charge in [0.25, 0.3) is 0 Å². The molecule has 2 N–H and O–H groups in total. The summed E-state index contributed by atoms with van der Waals surface area (Å²) < 4.78 is 16.3. The molecule has 0 aliphatic heterocycles. The Bertz CT molecular complexity index is 1230. The molecule has 0 spiro atoms. The SMILES string of the molecule is COc1ccc(NC(=O)C(=O)N/N=C(\C)c2ccc(OCc3c(Cl)cccc3Cl)c(OC)c2)cc1. The number of hydrazone groups is 1. The number of hydrogen-bond donors (Lipinski definition) is 2. The molecule has 182 valence electrons. The first-order valence-electron chi connectivity index (χ1n) is 10.4. The van der Waals surface area contributed by atoms with E-state index >= 15 is 0 Å². The monoisotopic (exact) mass is 515 g/mol. The van der Waals surface area contributed by atoms with Gasteiger partial charge in [0.15, 0.2) is 11.5 Å². The zero-order valence-corrected chi connectivity index (χ0v) is 20.7. The van der Waals surface area contributed by atoms with Gasteiger partial charge in [-0.15, -0.1) is 0 Å². The Kier molecular flexibility index (Phi) is 8.94. The Hall–Kier alpha value is -3.75. The summed E-state index contributed by atoms with van der Waals surface area (Å²) in [5, 5.41) is 7.50. The minimum absolute atomic E-state index is 0.153. The molecule has 0 atom stereocenters. The second-order valence-electron chi connectivity index (χ2n) is 7.18. The Balaban J connectivity index is 1.63. The van der Waals surface area contributed by atoms with Crippen LogP contribution in [0.3, 0.4) is 0 Å². The van der Waals surface area contributed by atoms with Gasteiger partial charge >= 0.3 is 11.8 Å². The topological polar surface area (TPSA) is 98.2 Å². The van der Waals surface area contributed by atoms with E-state index in [9.17, 15) is 9.59 Å². The highest BCUT2D eigenvalue weighted by molar-refractivity contribution is 6.39. The normalized spacial score (nSPS) is 10.9. The standard InChI is InChI=1S/C25H23Cl2N3O5/c1-15(29-30-25(32)24(31)28-17-8-10-18(33-2)11-9-17)16-7-12-22(23(13-16)34-3)35-14-19-20(26)5-4-6-21(19)27/h4-13H,14H2,1-3H3,(H,28,31)(H,30,32)/b29-15+. The fraction of sp³-hybridized carbons (Fsp3) is 0.160. The molecule has 0 bridgehead atoms. The third-order valence-corrected chi connectivity index (χ3v) is 5.60. The molecule has 0 aliphatic carbocycles. The first-order chi connectivity index (χ1) is 16.8. The highest BCUT2D eigenvalue weighted by atomic mass is 35.5. The van der Waals surface area contributed by atoms with Gasteiger partial charge in [0.1, 0.15) is 12.4 Å². The van der Waals surface area contributed by atoms with Gasteiger partial charge in [-0.3, -0.25) is 9.59 Å². The maximum absolute atomic E-state index is 12.1. The number of nitrogens with zero attached hydrogens (tertiary/aromatic N) is 1. The molecule has 0 fully saturated rings. The molecule has 0 radical (unpaired) electrons. The van der Waals surface area contributed by atoms with Gasteiger partial charge in [0.2, 0.25) is 0 Å². The summed E-state index contributed by atoms with van der Waals surface area (Å²) in [7, 11) is 3.04. The van der Waals surface area contributed by atoms with Gasteiger partial charge in [-0.1, -0.05) is 29.3 Å². The molecule has 0 aromatic heterocycles. The van der Waals surface area contributed by atoms with E-state index in [0.29, 0.717) is 49.8 Å². The lowest BCUT2D eigenvalue weighted by Gasteiger charge is -2.13. The fourth-order valence-electron chi connectivity index (χ4n) is 2.94. The number of anilines is 1. The number of methoxy groups -OCH3 is 2. The summed E-state index contributed by atoms with van der Waals surface area (Å²) in [6.07, 6.45) is 0. The quantitative estimate of drug-likeness (QED) is 0.248. The van der Waals surface area contributed by atoms with Crippen molar-refractivity contribution >= 4 is 46.4 Å². The van der Waals surface area contributed by atoms with Crippen LogP contribution in [-0.2, 0) is 16.2 Å². The van der Waals surface area contributed by atoms with Crippen LogP contribution in [0.1, 0.15) is 18.1 Å². The lowest BCUT2D eigenvalue weighted by Crippen LogP contribution is -2.32. The van der Waals surface area contributed by atoms with Crippen LogP contribution in [0.2, 0.25) is 10.0 Å². The van der Waals surface area contributed by atoms with Crippen LogP contribution in [0.5, 0.6) is 17.2 Å². The maximum Gasteiger partial charge on any atom is 0.329 e. The van der Waals surface area contributed by atoms with E-state index in [1.807, 2.05) is 0 Å². The van der Waals surface area contributed by atoms with Gasteiger partial charge in [-0.05, 0) is 61.5 Å². The van der Waals surface area contributed by atoms with Crippen LogP contribution in [-0.4, -0.2) is 31.7 Å². The highest BCUT2D eigenvalue weighted by Crippen LogP contribution is 2.31. The molecule has 10 heteroatoms. The van der Waals surface area contributed by atoms with E-state index in [4.69, 9.17) is 37.4 Å². The predicted octanol–water partition coefficient (Wildman–Crippen LogP) is 5.07. The van der Waals surface area contributed by atoms with E-state index in [2.05, 4.69) is 15.8 Å². The Labute approximate surface area is 212 Å². The lowest BCUT2D eigenvalue weighted by atomic mass is 10.1. The number of nitrogens with one attached hydrogen (secondary N) is 2. The Morgan fingerprint density at radius 1 is 0.886 bits per heavy atom. The maximum atomic E-state index is 12.1. The summed E-state index contributed by atoms with van der Waals surface area (Å²) >= 11 is 12.4. The van der Waals surface area contributed by atoms with Crippen LogP contribution in [0.25, 0.3) is 0 Å². The average Bonchev–Trinajstić information content (AvgIpc) is 2.87. The molecule has 3 rings (SSSR count). The van der Waals surface area contributed by atoms with Crippen LogP contribution in [0.4, 0.5) is 5.69 Å². The number of carbonyl (C=O) groups excluding carboxylic acids is 2. The van der Waals surface area contributed by atoms with Crippen molar-refractivity contribution in [1.82, 2.24) is 5.43 Å². The summed E-state index contributed by atoms with van der Waals surface area (Å²) in [6, 6.07) is 16.9. The summed E-state index contributed by atoms with van der Waals surface area (Å²) in [5.41, 5.74) is 4.46. The van der Waals surface area contributed by atoms with Crippen LogP contribution < -0.4 is 25.0 Å². The van der Waals surface area contributed by atoms with Gasteiger partial charge in [-0.2, -0.15) is 5.10 Å². The first-order valence-corrected chi connectivity index (χ1v) is 11.1. The van der Waals surface area contributed by atoms with Crippen molar-refractivity contribution in [3.8, 4) is 17.2 Å². The molecule has 3 aromatic carbocycles. The molecule has 0 saturated heterocycles. The van der Waals surface area contributed by atoms with E-state index < -0.39 is 11.8 Å². The van der Waals surface area contributed by atoms with Crippen molar-refractivity contribution in [2.45, 2.75) is 13.5 Å². The highest BCUT2D eigenvalue weighted by Gasteiger charge is 2.14. The van der Waals surface area contributed by atoms with Crippen molar-refractivity contribution < 1.29 is 23.8 Å². The Morgan fingerprint density at radius 2 is 1.57 bits per heavy atom. The molecule has 35 heavy (non-hydrogen) atoms. The molecule has 2 amide bonds. The molecule has 0 saturated carbocycles. The summed E-state index contributed by atoms with van der Waals surface area (Å²) in [4.78, 5) is 24.3. The molecule has 3 aromatic rings. The number of halogens is 2. The van der Waals surface area contributed by atoms with Crippen LogP contribution in [0, 0.1) is 0 Å². The molecule has 0 unspecified atom stereocenters. The minimum atomic E-state index is -0.913. The van der Waals surface area contributed by atoms with Crippen LogP contribution in [0.15, 0.2) is 65.8 Å². The number of amides is 2. The van der Waals surface area contributed by atoms with Crippen molar-refractivity contribution in [3.05, 3.63) is 81.8 Å². The van der Waals surface area contributed by atoms with E-state index in [0.717, 1.165) is 0 Å². The fourth-order valence-corrected chi connectivity index (χ4v) is 3.45. The predicted molar refractivity (Wildman–Crippen MR) is 136 cm³/mol. The van der Waals surface area contributed by atoms with Crippen molar-refractivity contribution in [2.24, 2.45) is 5.10 Å². The van der Waals surface area contributed by atoms with Crippen molar-refractivity contribution in [3.63, 3.8) is 0 Å². The van der Waals surface area contributed by atoms with Gasteiger partial charge < -0.3 is 19.5 Å². The van der Waals surface area contributed by atoms with Gasteiger partial charge in [0, 0.05) is 26.9 Å². The number of hydrogen-bond acceptors (Lipinski definition) is 6. The molecule has 0 heterocycles. The first kappa shape index (κ1) is 25.9. The molecular formula is C25H23Cl2N3O5. The number of ether oxygens (including phenoxy) is 3. The molecular weight excluding hydrogens is 493 g/mol. The minimum Gasteiger partial charge on any atom is -0.497 e. The number of benzene rings is 3. The zero-order chi connectivity index (χ0) is 25.4. The summed E-state index contributed by atoms with van der Waals surface area (Å²) in [5.74, 6) is -0.214. The van der Waals surface area contributed by atoms with Crippen molar-refractivity contribution in [2.75, 3.05) is 19.5 Å². The molecule has 8 nitrogen and oxygen atoms in total. The third-order valence-electron chi connectivity index (χ3n) is 4.89. The smallest absolute Gasteiger partial charge is 0.329 e. The number of carbonyl (C=O) groups is 2. The second kappa shape index (κ2) is 12.1.